The van der Waals surface area contributed by atoms with Gasteiger partial charge in [-0.3, -0.25) is 9.69 Å². The molecule has 0 N–H and O–H groups in total. The van der Waals surface area contributed by atoms with E-state index in [0.29, 0.717) is 12.6 Å². The average Bonchev–Trinajstić information content (AvgIpc) is 3.40. The summed E-state index contributed by atoms with van der Waals surface area (Å²) in [7, 11) is 1.69. The molecular weight excluding hydrogens is 362 g/mol. The number of benzene rings is 2. The first-order valence-corrected chi connectivity index (χ1v) is 10.1. The van der Waals surface area contributed by atoms with Gasteiger partial charge in [0.05, 0.1) is 19.2 Å². The van der Waals surface area contributed by atoms with Gasteiger partial charge in [0.1, 0.15) is 11.4 Å². The van der Waals surface area contributed by atoms with Gasteiger partial charge in [0.15, 0.2) is 0 Å². The van der Waals surface area contributed by atoms with E-state index in [1.54, 1.807) is 7.11 Å². The summed E-state index contributed by atoms with van der Waals surface area (Å²) < 4.78 is 7.45. The number of nitrogens with zero attached hydrogens (tertiary/aromatic N) is 3. The van der Waals surface area contributed by atoms with E-state index < -0.39 is 0 Å². The molecule has 0 saturated carbocycles. The van der Waals surface area contributed by atoms with Crippen LogP contribution in [0.3, 0.4) is 0 Å². The predicted molar refractivity (Wildman–Crippen MR) is 112 cm³/mol. The van der Waals surface area contributed by atoms with Crippen LogP contribution in [-0.4, -0.2) is 46.5 Å². The van der Waals surface area contributed by atoms with Crippen LogP contribution in [0.2, 0.25) is 0 Å². The maximum absolute atomic E-state index is 13.2. The fourth-order valence-electron chi connectivity index (χ4n) is 4.68. The van der Waals surface area contributed by atoms with Crippen LogP contribution in [0.5, 0.6) is 5.75 Å². The second-order valence-corrected chi connectivity index (χ2v) is 7.90. The van der Waals surface area contributed by atoms with Crippen LogP contribution < -0.4 is 4.74 Å². The Balaban J connectivity index is 1.40. The number of ether oxygens (including phenoxy) is 1. The number of hydrogen-bond acceptors (Lipinski definition) is 3. The van der Waals surface area contributed by atoms with Crippen LogP contribution in [0.1, 0.15) is 27.7 Å². The molecule has 0 radical (unpaired) electrons. The van der Waals surface area contributed by atoms with Crippen LogP contribution in [0.15, 0.2) is 72.9 Å². The van der Waals surface area contributed by atoms with Crippen molar-refractivity contribution in [1.82, 2.24) is 14.4 Å². The smallest absolute Gasteiger partial charge is 0.271 e. The van der Waals surface area contributed by atoms with Crippen molar-refractivity contribution in [2.24, 2.45) is 0 Å². The van der Waals surface area contributed by atoms with Crippen LogP contribution in [0.4, 0.5) is 0 Å². The summed E-state index contributed by atoms with van der Waals surface area (Å²) in [5.41, 5.74) is 3.24. The zero-order chi connectivity index (χ0) is 19.8. The minimum atomic E-state index is 0.131. The molecule has 2 aliphatic rings. The molecule has 1 saturated heterocycles. The first-order valence-electron chi connectivity index (χ1n) is 10.1. The lowest BCUT2D eigenvalue weighted by Gasteiger charge is -2.38. The van der Waals surface area contributed by atoms with E-state index in [4.69, 9.17) is 4.74 Å². The van der Waals surface area contributed by atoms with Crippen molar-refractivity contribution in [2.75, 3.05) is 20.2 Å². The molecule has 5 rings (SSSR count). The third kappa shape index (κ3) is 3.32. The molecule has 148 valence electrons. The molecule has 3 heterocycles. The minimum Gasteiger partial charge on any atom is -0.497 e. The van der Waals surface area contributed by atoms with Crippen molar-refractivity contribution in [1.29, 1.82) is 0 Å². The Morgan fingerprint density at radius 2 is 1.59 bits per heavy atom. The Bertz CT molecular complexity index is 996. The van der Waals surface area contributed by atoms with Gasteiger partial charge in [-0.1, -0.05) is 42.5 Å². The highest BCUT2D eigenvalue weighted by Gasteiger charge is 2.44. The monoisotopic (exact) mass is 387 g/mol. The van der Waals surface area contributed by atoms with Crippen LogP contribution in [0.25, 0.3) is 0 Å². The largest absolute Gasteiger partial charge is 0.497 e. The van der Waals surface area contributed by atoms with E-state index >= 15 is 0 Å². The van der Waals surface area contributed by atoms with Gasteiger partial charge in [0, 0.05) is 32.4 Å². The number of carbonyl (C=O) groups excluding carboxylic acids is 1. The van der Waals surface area contributed by atoms with E-state index in [2.05, 4.69) is 44.8 Å². The van der Waals surface area contributed by atoms with Crippen molar-refractivity contribution in [3.8, 4) is 5.75 Å². The number of aromatic nitrogens is 1. The van der Waals surface area contributed by atoms with E-state index in [-0.39, 0.29) is 11.9 Å². The maximum atomic E-state index is 13.2. The highest BCUT2D eigenvalue weighted by atomic mass is 16.5. The summed E-state index contributed by atoms with van der Waals surface area (Å²) in [6.07, 6.45) is 2.06. The zero-order valence-electron chi connectivity index (χ0n) is 16.6. The Labute approximate surface area is 171 Å². The van der Waals surface area contributed by atoms with Gasteiger partial charge >= 0.3 is 0 Å². The second-order valence-electron chi connectivity index (χ2n) is 7.90. The summed E-state index contributed by atoms with van der Waals surface area (Å²) in [6, 6.07) is 22.9. The molecule has 1 amide bonds. The van der Waals surface area contributed by atoms with Crippen molar-refractivity contribution in [3.05, 3.63) is 89.7 Å². The summed E-state index contributed by atoms with van der Waals surface area (Å²) in [5, 5.41) is 0. The summed E-state index contributed by atoms with van der Waals surface area (Å²) >= 11 is 0. The van der Waals surface area contributed by atoms with E-state index in [0.717, 1.165) is 31.1 Å². The van der Waals surface area contributed by atoms with Crippen molar-refractivity contribution < 1.29 is 9.53 Å². The van der Waals surface area contributed by atoms with Gasteiger partial charge in [-0.2, -0.15) is 0 Å². The van der Waals surface area contributed by atoms with Gasteiger partial charge in [0.25, 0.3) is 5.91 Å². The number of methoxy groups -OCH3 is 1. The number of hydrogen-bond donors (Lipinski definition) is 0. The van der Waals surface area contributed by atoms with E-state index in [1.807, 2.05) is 42.5 Å². The number of carbonyl (C=O) groups is 1. The third-order valence-electron chi connectivity index (χ3n) is 6.11. The standard InChI is InChI=1S/C24H25N3O2/c1-29-20-11-9-19(10-12-20)14-25-16-22-23(17-25)27(15-18-6-3-2-4-7-18)24(28)21-8-5-13-26(21)22/h2-13,22-23H,14-17H2,1H3/t22-,23-/m1/s1. The molecule has 2 aromatic carbocycles. The molecule has 0 spiro atoms. The third-order valence-corrected chi connectivity index (χ3v) is 6.11. The zero-order valence-corrected chi connectivity index (χ0v) is 16.6. The first-order chi connectivity index (χ1) is 14.2. The average molecular weight is 387 g/mol. The lowest BCUT2D eigenvalue weighted by molar-refractivity contribution is 0.0556. The highest BCUT2D eigenvalue weighted by molar-refractivity contribution is 5.94. The van der Waals surface area contributed by atoms with Gasteiger partial charge in [-0.15, -0.1) is 0 Å². The molecule has 1 fully saturated rings. The van der Waals surface area contributed by atoms with Gasteiger partial charge < -0.3 is 14.2 Å². The van der Waals surface area contributed by atoms with Crippen LogP contribution in [0, 0.1) is 0 Å². The normalized spacial score (nSPS) is 21.1. The molecule has 1 aromatic heterocycles. The summed E-state index contributed by atoms with van der Waals surface area (Å²) in [4.78, 5) is 17.8. The molecule has 29 heavy (non-hydrogen) atoms. The topological polar surface area (TPSA) is 37.7 Å². The first kappa shape index (κ1) is 18.0. The van der Waals surface area contributed by atoms with E-state index in [1.165, 1.54) is 11.1 Å². The Hall–Kier alpha value is -3.05. The molecule has 2 atom stereocenters. The number of fused-ring (bicyclic) bond motifs is 3. The van der Waals surface area contributed by atoms with Crippen molar-refractivity contribution in [3.63, 3.8) is 0 Å². The molecule has 0 aliphatic carbocycles. The second kappa shape index (κ2) is 7.41. The quantitative estimate of drug-likeness (QED) is 0.672. The molecule has 3 aromatic rings. The minimum absolute atomic E-state index is 0.131. The van der Waals surface area contributed by atoms with Gasteiger partial charge in [-0.05, 0) is 35.4 Å². The maximum Gasteiger partial charge on any atom is 0.271 e. The Kier molecular flexibility index (Phi) is 4.60. The Morgan fingerprint density at radius 1 is 0.862 bits per heavy atom. The Morgan fingerprint density at radius 3 is 2.34 bits per heavy atom. The SMILES string of the molecule is COc1ccc(CN2C[C@@H]3[C@@H](C2)n2cccc2C(=O)N3Cc2ccccc2)cc1. The van der Waals surface area contributed by atoms with Gasteiger partial charge in [-0.25, -0.2) is 0 Å². The van der Waals surface area contributed by atoms with Gasteiger partial charge in [0.2, 0.25) is 0 Å². The highest BCUT2D eigenvalue weighted by Crippen LogP contribution is 2.35. The van der Waals surface area contributed by atoms with E-state index in [9.17, 15) is 4.79 Å². The molecule has 2 aliphatic heterocycles. The molecule has 5 nitrogen and oxygen atoms in total. The van der Waals surface area contributed by atoms with Crippen molar-refractivity contribution in [2.45, 2.75) is 25.2 Å². The van der Waals surface area contributed by atoms with Crippen LogP contribution >= 0.6 is 0 Å². The molecule has 5 heteroatoms. The fourth-order valence-corrected chi connectivity index (χ4v) is 4.68. The fraction of sp³-hybridized carbons (Fsp3) is 0.292. The molecular formula is C24H25N3O2. The number of likely N-dealkylation sites (tertiary alicyclic amines) is 1. The number of amides is 1. The molecule has 0 unspecified atom stereocenters. The van der Waals surface area contributed by atoms with Crippen LogP contribution in [-0.2, 0) is 13.1 Å². The summed E-state index contributed by atoms with van der Waals surface area (Å²) in [6.45, 7) is 3.35. The lowest BCUT2D eigenvalue weighted by atomic mass is 10.0. The predicted octanol–water partition coefficient (Wildman–Crippen LogP) is 3.58. The summed E-state index contributed by atoms with van der Waals surface area (Å²) in [5.74, 6) is 1.01. The van der Waals surface area contributed by atoms with Crippen molar-refractivity contribution >= 4 is 5.91 Å². The lowest BCUT2D eigenvalue weighted by Crippen LogP contribution is -2.49. The molecule has 0 bridgehead atoms. The number of rotatable bonds is 5.